The number of rotatable bonds is 5. The van der Waals surface area contributed by atoms with Crippen molar-refractivity contribution in [3.05, 3.63) is 58.3 Å². The van der Waals surface area contributed by atoms with Crippen molar-refractivity contribution in [2.45, 2.75) is 12.6 Å². The first-order valence-corrected chi connectivity index (χ1v) is 8.50. The summed E-state index contributed by atoms with van der Waals surface area (Å²) in [5.74, 6) is -0.266. The van der Waals surface area contributed by atoms with Gasteiger partial charge in [-0.25, -0.2) is 0 Å². The number of hydrogen-bond donors (Lipinski definition) is 1. The fraction of sp³-hybridized carbons (Fsp3) is 0.353. The number of thiophene rings is 1. The number of nitrogens with two attached hydrogens (primary N) is 1. The smallest absolute Gasteiger partial charge is 0.239 e. The first kappa shape index (κ1) is 15.2. The molecule has 0 spiro atoms. The molecule has 0 radical (unpaired) electrons. The number of nitrogens with zero attached hydrogens (tertiary/aromatic N) is 2. The van der Waals surface area contributed by atoms with Gasteiger partial charge in [-0.2, -0.15) is 11.3 Å². The Kier molecular flexibility index (Phi) is 4.87. The highest BCUT2D eigenvalue weighted by Crippen LogP contribution is 2.22. The second kappa shape index (κ2) is 7.05. The number of carbonyl (C=O) groups is 1. The number of amides is 1. The van der Waals surface area contributed by atoms with E-state index in [1.165, 1.54) is 5.56 Å². The lowest BCUT2D eigenvalue weighted by Gasteiger charge is -2.38. The molecule has 1 aromatic carbocycles. The van der Waals surface area contributed by atoms with Gasteiger partial charge in [-0.3, -0.25) is 14.6 Å². The zero-order valence-corrected chi connectivity index (χ0v) is 13.3. The molecular formula is C17H21N3OS. The van der Waals surface area contributed by atoms with Crippen molar-refractivity contribution < 1.29 is 4.79 Å². The van der Waals surface area contributed by atoms with Gasteiger partial charge < -0.3 is 5.73 Å². The van der Waals surface area contributed by atoms with Gasteiger partial charge in [-0.15, -0.1) is 0 Å². The summed E-state index contributed by atoms with van der Waals surface area (Å²) in [4.78, 5) is 16.5. The lowest BCUT2D eigenvalue weighted by molar-refractivity contribution is -0.124. The highest BCUT2D eigenvalue weighted by molar-refractivity contribution is 7.07. The van der Waals surface area contributed by atoms with E-state index in [4.69, 9.17) is 5.73 Å². The monoisotopic (exact) mass is 315 g/mol. The van der Waals surface area contributed by atoms with Crippen LogP contribution in [0.15, 0.2) is 47.2 Å². The maximum Gasteiger partial charge on any atom is 0.239 e. The van der Waals surface area contributed by atoms with Crippen LogP contribution in [0.3, 0.4) is 0 Å². The van der Waals surface area contributed by atoms with Crippen molar-refractivity contribution in [2.75, 3.05) is 26.2 Å². The fourth-order valence-corrected chi connectivity index (χ4v) is 3.67. The molecule has 116 valence electrons. The van der Waals surface area contributed by atoms with Gasteiger partial charge in [0.1, 0.15) is 6.04 Å². The summed E-state index contributed by atoms with van der Waals surface area (Å²) >= 11 is 1.74. The summed E-state index contributed by atoms with van der Waals surface area (Å²) in [6.45, 7) is 4.65. The highest BCUT2D eigenvalue weighted by atomic mass is 32.1. The van der Waals surface area contributed by atoms with Crippen LogP contribution in [0.25, 0.3) is 0 Å². The fourth-order valence-electron chi connectivity index (χ4n) is 3.01. The van der Waals surface area contributed by atoms with E-state index in [-0.39, 0.29) is 11.9 Å². The summed E-state index contributed by atoms with van der Waals surface area (Å²) in [6.07, 6.45) is 0. The lowest BCUT2D eigenvalue weighted by Crippen LogP contribution is -2.49. The molecule has 1 atom stereocenters. The van der Waals surface area contributed by atoms with Crippen LogP contribution in [0.4, 0.5) is 0 Å². The second-order valence-corrected chi connectivity index (χ2v) is 6.44. The Bertz CT molecular complexity index is 592. The molecule has 1 aliphatic rings. The van der Waals surface area contributed by atoms with Gasteiger partial charge in [0.25, 0.3) is 0 Å². The van der Waals surface area contributed by atoms with Gasteiger partial charge in [0.2, 0.25) is 5.91 Å². The van der Waals surface area contributed by atoms with Crippen LogP contribution in [-0.2, 0) is 11.3 Å². The molecule has 1 aromatic heterocycles. The molecule has 1 fully saturated rings. The van der Waals surface area contributed by atoms with E-state index in [0.717, 1.165) is 38.3 Å². The molecule has 0 aliphatic carbocycles. The maximum absolute atomic E-state index is 11.9. The third-order valence-electron chi connectivity index (χ3n) is 4.14. The van der Waals surface area contributed by atoms with Crippen molar-refractivity contribution in [2.24, 2.45) is 5.73 Å². The van der Waals surface area contributed by atoms with E-state index in [0.29, 0.717) is 0 Å². The molecule has 0 unspecified atom stereocenters. The highest BCUT2D eigenvalue weighted by Gasteiger charge is 2.28. The Morgan fingerprint density at radius 3 is 2.45 bits per heavy atom. The van der Waals surface area contributed by atoms with Gasteiger partial charge in [-0.05, 0) is 28.0 Å². The largest absolute Gasteiger partial charge is 0.368 e. The second-order valence-electron chi connectivity index (χ2n) is 5.66. The third-order valence-corrected chi connectivity index (χ3v) is 4.88. The summed E-state index contributed by atoms with van der Waals surface area (Å²) in [7, 11) is 0. The predicted molar refractivity (Wildman–Crippen MR) is 89.5 cm³/mol. The van der Waals surface area contributed by atoms with E-state index in [1.807, 2.05) is 30.3 Å². The summed E-state index contributed by atoms with van der Waals surface area (Å²) < 4.78 is 0. The minimum absolute atomic E-state index is 0.266. The molecule has 3 rings (SSSR count). The van der Waals surface area contributed by atoms with Crippen molar-refractivity contribution in [1.82, 2.24) is 9.80 Å². The summed E-state index contributed by atoms with van der Waals surface area (Å²) in [6, 6.07) is 11.7. The molecule has 0 saturated carbocycles. The molecule has 2 aromatic rings. The average Bonchev–Trinajstić information content (AvgIpc) is 3.03. The zero-order chi connectivity index (χ0) is 15.4. The number of primary amides is 1. The van der Waals surface area contributed by atoms with Crippen molar-refractivity contribution in [3.63, 3.8) is 0 Å². The zero-order valence-electron chi connectivity index (χ0n) is 12.5. The molecular weight excluding hydrogens is 294 g/mol. The number of carbonyl (C=O) groups excluding carboxylic acids is 1. The maximum atomic E-state index is 11.9. The van der Waals surface area contributed by atoms with E-state index < -0.39 is 0 Å². The standard InChI is InChI=1S/C17H21N3OS/c18-17(21)16(15-4-2-1-3-5-15)20-9-7-19(8-10-20)12-14-6-11-22-13-14/h1-6,11,13,16H,7-10,12H2,(H2,18,21)/t16-/m1/s1. The van der Waals surface area contributed by atoms with Crippen LogP contribution in [0.1, 0.15) is 17.2 Å². The van der Waals surface area contributed by atoms with E-state index in [2.05, 4.69) is 26.6 Å². The topological polar surface area (TPSA) is 49.6 Å². The van der Waals surface area contributed by atoms with Crippen LogP contribution >= 0.6 is 11.3 Å². The van der Waals surface area contributed by atoms with Gasteiger partial charge in [-0.1, -0.05) is 30.3 Å². The van der Waals surface area contributed by atoms with Crippen LogP contribution in [0.2, 0.25) is 0 Å². The summed E-state index contributed by atoms with van der Waals surface area (Å²) in [5, 5.41) is 4.31. The van der Waals surface area contributed by atoms with Gasteiger partial charge in [0, 0.05) is 32.7 Å². The van der Waals surface area contributed by atoms with Crippen molar-refractivity contribution in [3.8, 4) is 0 Å². The number of hydrogen-bond acceptors (Lipinski definition) is 4. The van der Waals surface area contributed by atoms with Gasteiger partial charge >= 0.3 is 0 Å². The Hall–Kier alpha value is -1.69. The lowest BCUT2D eigenvalue weighted by atomic mass is 10.0. The normalized spacial score (nSPS) is 18.2. The molecule has 4 nitrogen and oxygen atoms in total. The van der Waals surface area contributed by atoms with E-state index in [9.17, 15) is 4.79 Å². The van der Waals surface area contributed by atoms with Crippen LogP contribution in [-0.4, -0.2) is 41.9 Å². The van der Waals surface area contributed by atoms with Gasteiger partial charge in [0.15, 0.2) is 0 Å². The number of piperazine rings is 1. The van der Waals surface area contributed by atoms with Crippen LogP contribution in [0, 0.1) is 0 Å². The molecule has 2 heterocycles. The first-order chi connectivity index (χ1) is 10.7. The predicted octanol–water partition coefficient (Wildman–Crippen LogP) is 2.09. The molecule has 22 heavy (non-hydrogen) atoms. The Labute approximate surface area is 135 Å². The first-order valence-electron chi connectivity index (χ1n) is 7.56. The summed E-state index contributed by atoms with van der Waals surface area (Å²) in [5.41, 5.74) is 8.01. The Balaban J connectivity index is 1.62. The average molecular weight is 315 g/mol. The van der Waals surface area contributed by atoms with Crippen molar-refractivity contribution in [1.29, 1.82) is 0 Å². The van der Waals surface area contributed by atoms with Crippen molar-refractivity contribution >= 4 is 17.2 Å². The Morgan fingerprint density at radius 1 is 1.14 bits per heavy atom. The van der Waals surface area contributed by atoms with E-state index >= 15 is 0 Å². The third kappa shape index (κ3) is 3.55. The minimum Gasteiger partial charge on any atom is -0.368 e. The van der Waals surface area contributed by atoms with Crippen LogP contribution < -0.4 is 5.73 Å². The minimum atomic E-state index is -0.315. The molecule has 1 saturated heterocycles. The van der Waals surface area contributed by atoms with E-state index in [1.54, 1.807) is 11.3 Å². The molecule has 1 aliphatic heterocycles. The quantitative estimate of drug-likeness (QED) is 0.919. The number of benzene rings is 1. The SMILES string of the molecule is NC(=O)[C@@H](c1ccccc1)N1CCN(Cc2ccsc2)CC1. The molecule has 1 amide bonds. The molecule has 0 bridgehead atoms. The molecule has 2 N–H and O–H groups in total. The Morgan fingerprint density at radius 2 is 1.86 bits per heavy atom. The van der Waals surface area contributed by atoms with Crippen LogP contribution in [0.5, 0.6) is 0 Å². The van der Waals surface area contributed by atoms with Gasteiger partial charge in [0.05, 0.1) is 0 Å². The molecule has 5 heteroatoms.